The summed E-state index contributed by atoms with van der Waals surface area (Å²) in [4.78, 5) is 0. The van der Waals surface area contributed by atoms with Gasteiger partial charge in [0, 0.05) is 15.6 Å². The van der Waals surface area contributed by atoms with E-state index in [1.807, 2.05) is 19.1 Å². The molecule has 0 saturated heterocycles. The van der Waals surface area contributed by atoms with Gasteiger partial charge >= 0.3 is 0 Å². The Morgan fingerprint density at radius 3 is 2.80 bits per heavy atom. The van der Waals surface area contributed by atoms with Crippen molar-refractivity contribution in [3.05, 3.63) is 33.3 Å². The van der Waals surface area contributed by atoms with Gasteiger partial charge in [-0.2, -0.15) is 0 Å². The van der Waals surface area contributed by atoms with Crippen molar-refractivity contribution in [1.29, 1.82) is 0 Å². The van der Waals surface area contributed by atoms with Crippen LogP contribution in [0.4, 0.5) is 5.88 Å². The second-order valence-corrected chi connectivity index (χ2v) is 4.47. The highest BCUT2D eigenvalue weighted by molar-refractivity contribution is 9.10. The third-order valence-corrected chi connectivity index (χ3v) is 2.97. The van der Waals surface area contributed by atoms with Gasteiger partial charge in [0.1, 0.15) is 5.69 Å². The third kappa shape index (κ3) is 1.87. The lowest BCUT2D eigenvalue weighted by atomic mass is 10.1. The van der Waals surface area contributed by atoms with Crippen LogP contribution in [0.2, 0.25) is 5.02 Å². The van der Waals surface area contributed by atoms with E-state index < -0.39 is 0 Å². The van der Waals surface area contributed by atoms with E-state index in [1.165, 1.54) is 0 Å². The van der Waals surface area contributed by atoms with E-state index in [-0.39, 0.29) is 0 Å². The summed E-state index contributed by atoms with van der Waals surface area (Å²) >= 11 is 9.45. The summed E-state index contributed by atoms with van der Waals surface area (Å²) in [5, 5.41) is 4.50. The van der Waals surface area contributed by atoms with E-state index >= 15 is 0 Å². The fourth-order valence-corrected chi connectivity index (χ4v) is 1.85. The molecule has 1 aromatic heterocycles. The van der Waals surface area contributed by atoms with Gasteiger partial charge in [0.2, 0.25) is 5.88 Å². The van der Waals surface area contributed by atoms with Crippen LogP contribution in [0.25, 0.3) is 11.3 Å². The summed E-state index contributed by atoms with van der Waals surface area (Å²) in [7, 11) is 0. The van der Waals surface area contributed by atoms with Gasteiger partial charge in [-0.05, 0) is 25.1 Å². The van der Waals surface area contributed by atoms with Crippen molar-refractivity contribution >= 4 is 33.4 Å². The minimum absolute atomic E-state index is 0.320. The molecule has 0 saturated carbocycles. The summed E-state index contributed by atoms with van der Waals surface area (Å²) in [5.74, 6) is 0.320. The van der Waals surface area contributed by atoms with Gasteiger partial charge in [-0.3, -0.25) is 0 Å². The Kier molecular flexibility index (Phi) is 2.71. The molecule has 0 fully saturated rings. The molecule has 2 rings (SSSR count). The number of benzene rings is 1. The minimum atomic E-state index is 0.320. The summed E-state index contributed by atoms with van der Waals surface area (Å²) in [5.41, 5.74) is 7.87. The molecular weight excluding hydrogens is 279 g/mol. The van der Waals surface area contributed by atoms with Crippen LogP contribution < -0.4 is 5.73 Å². The zero-order valence-electron chi connectivity index (χ0n) is 7.92. The molecule has 0 bridgehead atoms. The lowest BCUT2D eigenvalue weighted by Crippen LogP contribution is -1.86. The number of nitrogen functional groups attached to an aromatic ring is 1. The molecule has 0 aliphatic carbocycles. The molecule has 0 unspecified atom stereocenters. The predicted molar refractivity (Wildman–Crippen MR) is 63.8 cm³/mol. The smallest absolute Gasteiger partial charge is 0.225 e. The van der Waals surface area contributed by atoms with Crippen LogP contribution in [-0.4, -0.2) is 5.16 Å². The molecule has 0 radical (unpaired) electrons. The van der Waals surface area contributed by atoms with Gasteiger partial charge < -0.3 is 10.3 Å². The van der Waals surface area contributed by atoms with Crippen molar-refractivity contribution < 1.29 is 4.52 Å². The number of aromatic nitrogens is 1. The Balaban J connectivity index is 2.63. The average molecular weight is 288 g/mol. The second-order valence-electron chi connectivity index (χ2n) is 3.14. The van der Waals surface area contributed by atoms with Gasteiger partial charge in [0.05, 0.1) is 5.02 Å². The summed E-state index contributed by atoms with van der Waals surface area (Å²) < 4.78 is 5.83. The maximum absolute atomic E-state index is 6.07. The van der Waals surface area contributed by atoms with Gasteiger partial charge in [-0.15, -0.1) is 0 Å². The van der Waals surface area contributed by atoms with E-state index in [9.17, 15) is 0 Å². The molecule has 0 amide bonds. The van der Waals surface area contributed by atoms with Crippen molar-refractivity contribution in [2.45, 2.75) is 6.92 Å². The highest BCUT2D eigenvalue weighted by Crippen LogP contribution is 2.33. The first-order chi connectivity index (χ1) is 7.09. The normalized spacial score (nSPS) is 10.6. The summed E-state index contributed by atoms with van der Waals surface area (Å²) in [6.45, 7) is 1.85. The largest absolute Gasteiger partial charge is 0.367 e. The molecule has 78 valence electrons. The fourth-order valence-electron chi connectivity index (χ4n) is 1.28. The highest BCUT2D eigenvalue weighted by Gasteiger charge is 2.14. The highest BCUT2D eigenvalue weighted by atomic mass is 79.9. The Morgan fingerprint density at radius 1 is 1.47 bits per heavy atom. The van der Waals surface area contributed by atoms with Crippen molar-refractivity contribution in [2.24, 2.45) is 0 Å². The maximum atomic E-state index is 6.07. The first-order valence-electron chi connectivity index (χ1n) is 4.26. The summed E-state index contributed by atoms with van der Waals surface area (Å²) in [6.07, 6.45) is 0. The topological polar surface area (TPSA) is 52.0 Å². The van der Waals surface area contributed by atoms with Crippen LogP contribution in [0, 0.1) is 6.92 Å². The quantitative estimate of drug-likeness (QED) is 0.871. The number of nitrogens with zero attached hydrogens (tertiary/aromatic N) is 1. The molecule has 0 atom stereocenters. The number of halogens is 2. The number of hydrogen-bond donors (Lipinski definition) is 1. The Hall–Kier alpha value is -1.00. The lowest BCUT2D eigenvalue weighted by Gasteiger charge is -2.01. The molecular formula is C10H8BrClN2O. The number of nitrogens with two attached hydrogens (primary N) is 1. The monoisotopic (exact) mass is 286 g/mol. The van der Waals surface area contributed by atoms with Crippen molar-refractivity contribution in [1.82, 2.24) is 5.16 Å². The van der Waals surface area contributed by atoms with Crippen LogP contribution in [0.5, 0.6) is 0 Å². The average Bonchev–Trinajstić information content (AvgIpc) is 2.52. The lowest BCUT2D eigenvalue weighted by molar-refractivity contribution is 0.439. The summed E-state index contributed by atoms with van der Waals surface area (Å²) in [6, 6.07) is 5.54. The van der Waals surface area contributed by atoms with Crippen molar-refractivity contribution in [3.8, 4) is 11.3 Å². The maximum Gasteiger partial charge on any atom is 0.225 e. The number of anilines is 1. The van der Waals surface area contributed by atoms with Crippen LogP contribution >= 0.6 is 27.5 Å². The fraction of sp³-hybridized carbons (Fsp3) is 0.100. The SMILES string of the molecule is Cc1c(-c2cc(Br)ccc2Cl)noc1N. The number of rotatable bonds is 1. The second kappa shape index (κ2) is 3.87. The molecule has 5 heteroatoms. The predicted octanol–water partition coefficient (Wildman–Crippen LogP) is 3.65. The molecule has 2 aromatic rings. The first kappa shape index (κ1) is 10.5. The first-order valence-corrected chi connectivity index (χ1v) is 5.44. The Labute approximate surface area is 100 Å². The Bertz CT molecular complexity index is 510. The van der Waals surface area contributed by atoms with E-state index in [4.69, 9.17) is 21.9 Å². The van der Waals surface area contributed by atoms with Gasteiger partial charge in [0.25, 0.3) is 0 Å². The zero-order valence-corrected chi connectivity index (χ0v) is 10.3. The molecule has 1 heterocycles. The van der Waals surface area contributed by atoms with Gasteiger partial charge in [-0.1, -0.05) is 32.7 Å². The van der Waals surface area contributed by atoms with E-state index in [1.54, 1.807) is 6.07 Å². The molecule has 15 heavy (non-hydrogen) atoms. The van der Waals surface area contributed by atoms with E-state index in [0.29, 0.717) is 16.6 Å². The van der Waals surface area contributed by atoms with E-state index in [2.05, 4.69) is 21.1 Å². The van der Waals surface area contributed by atoms with Crippen LogP contribution in [0.3, 0.4) is 0 Å². The van der Waals surface area contributed by atoms with Crippen LogP contribution in [0.15, 0.2) is 27.2 Å². The van der Waals surface area contributed by atoms with Gasteiger partial charge in [-0.25, -0.2) is 0 Å². The standard InChI is InChI=1S/C10H8BrClN2O/c1-5-9(14-15-10(5)13)7-4-6(11)2-3-8(7)12/h2-4H,13H2,1H3. The van der Waals surface area contributed by atoms with Crippen molar-refractivity contribution in [3.63, 3.8) is 0 Å². The zero-order chi connectivity index (χ0) is 11.0. The molecule has 3 nitrogen and oxygen atoms in total. The van der Waals surface area contributed by atoms with Crippen LogP contribution in [-0.2, 0) is 0 Å². The number of hydrogen-bond acceptors (Lipinski definition) is 3. The molecule has 1 aromatic carbocycles. The van der Waals surface area contributed by atoms with Gasteiger partial charge in [0.15, 0.2) is 0 Å². The van der Waals surface area contributed by atoms with Crippen LogP contribution in [0.1, 0.15) is 5.56 Å². The molecule has 0 aliphatic rings. The molecule has 0 aliphatic heterocycles. The van der Waals surface area contributed by atoms with E-state index in [0.717, 1.165) is 15.6 Å². The van der Waals surface area contributed by atoms with Crippen molar-refractivity contribution in [2.75, 3.05) is 5.73 Å². The molecule has 0 spiro atoms. The molecule has 2 N–H and O–H groups in total. The third-order valence-electron chi connectivity index (χ3n) is 2.14. The Morgan fingerprint density at radius 2 is 2.20 bits per heavy atom. The minimum Gasteiger partial charge on any atom is -0.367 e.